The summed E-state index contributed by atoms with van der Waals surface area (Å²) in [6, 6.07) is -0.240. The summed E-state index contributed by atoms with van der Waals surface area (Å²) in [5, 5.41) is 3.29. The van der Waals surface area contributed by atoms with Crippen LogP contribution >= 0.6 is 12.4 Å². The summed E-state index contributed by atoms with van der Waals surface area (Å²) in [6.45, 7) is 5.15. The molecule has 0 spiro atoms. The average molecular weight is 364 g/mol. The van der Waals surface area contributed by atoms with Crippen LogP contribution in [-0.2, 0) is 17.3 Å². The van der Waals surface area contributed by atoms with E-state index in [0.29, 0.717) is 38.6 Å². The number of hydrogen-bond donors (Lipinski definition) is 1. The van der Waals surface area contributed by atoms with Crippen LogP contribution in [-0.4, -0.2) is 59.3 Å². The van der Waals surface area contributed by atoms with E-state index in [1.807, 2.05) is 17.8 Å². The minimum Gasteiger partial charge on any atom is -0.337 e. The van der Waals surface area contributed by atoms with Gasteiger partial charge in [0.15, 0.2) is 0 Å². The zero-order valence-corrected chi connectivity index (χ0v) is 15.3. The summed E-state index contributed by atoms with van der Waals surface area (Å²) in [5.74, 6) is 1.22. The van der Waals surface area contributed by atoms with E-state index in [0.717, 1.165) is 18.7 Å². The third-order valence-corrected chi connectivity index (χ3v) is 6.61. The van der Waals surface area contributed by atoms with Crippen LogP contribution in [0.25, 0.3) is 0 Å². The molecule has 2 aliphatic heterocycles. The van der Waals surface area contributed by atoms with E-state index in [1.165, 1.54) is 0 Å². The molecule has 0 aliphatic carbocycles. The van der Waals surface area contributed by atoms with Crippen LogP contribution in [0.4, 0.5) is 0 Å². The van der Waals surface area contributed by atoms with Crippen LogP contribution in [0.5, 0.6) is 0 Å². The number of nitrogens with one attached hydrogen (secondary N) is 1. The van der Waals surface area contributed by atoms with Crippen LogP contribution in [0, 0.1) is 5.92 Å². The normalized spacial score (nSPS) is 27.6. The van der Waals surface area contributed by atoms with Gasteiger partial charge in [0.2, 0.25) is 0 Å². The van der Waals surface area contributed by atoms with Crippen LogP contribution in [0.3, 0.4) is 0 Å². The van der Waals surface area contributed by atoms with Crippen LogP contribution in [0.15, 0.2) is 12.4 Å². The topological polar surface area (TPSA) is 70.5 Å². The Kier molecular flexibility index (Phi) is 6.07. The molecule has 0 amide bonds. The lowest BCUT2D eigenvalue weighted by Gasteiger charge is -2.39. The molecule has 2 unspecified atom stereocenters. The molecule has 2 aliphatic rings. The number of aromatic nitrogens is 2. The minimum absolute atomic E-state index is 0. The number of aryl methyl sites for hydroxylation is 1. The lowest BCUT2D eigenvalue weighted by molar-refractivity contribution is 0.213. The minimum atomic E-state index is -3.44. The van der Waals surface area contributed by atoms with Gasteiger partial charge < -0.3 is 9.88 Å². The zero-order chi connectivity index (χ0) is 15.7. The van der Waals surface area contributed by atoms with Crippen LogP contribution < -0.4 is 5.32 Å². The molecule has 23 heavy (non-hydrogen) atoms. The first-order valence-electron chi connectivity index (χ1n) is 7.95. The first kappa shape index (κ1) is 18.7. The summed E-state index contributed by atoms with van der Waals surface area (Å²) in [7, 11) is -1.53. The molecule has 9 heteroatoms. The molecule has 0 aromatic carbocycles. The fourth-order valence-corrected chi connectivity index (χ4v) is 5.30. The van der Waals surface area contributed by atoms with Gasteiger partial charge in [-0.1, -0.05) is 6.92 Å². The first-order valence-corrected chi connectivity index (χ1v) is 9.34. The standard InChI is InChI=1S/C14H25N5O2S.ClH/c1-12-4-3-7-18(11-12)22(20,21)19-9-5-15-10-13(19)14-16-6-8-17(14)2;/h6,8,12-13,15H,3-5,7,9-11H2,1-2H3;1H. The fraction of sp³-hybridized carbons (Fsp3) is 0.786. The van der Waals surface area contributed by atoms with E-state index >= 15 is 0 Å². The molecule has 0 saturated carbocycles. The van der Waals surface area contributed by atoms with Crippen molar-refractivity contribution >= 4 is 22.6 Å². The number of nitrogens with zero attached hydrogens (tertiary/aromatic N) is 4. The molecule has 0 bridgehead atoms. The predicted octanol–water partition coefficient (Wildman–Crippen LogP) is 0.765. The third kappa shape index (κ3) is 3.71. The number of rotatable bonds is 3. The highest BCUT2D eigenvalue weighted by Gasteiger charge is 2.39. The van der Waals surface area contributed by atoms with Gasteiger partial charge in [0.1, 0.15) is 5.82 Å². The van der Waals surface area contributed by atoms with Gasteiger partial charge in [0.25, 0.3) is 10.2 Å². The van der Waals surface area contributed by atoms with E-state index in [1.54, 1.807) is 14.8 Å². The van der Waals surface area contributed by atoms with Crippen molar-refractivity contribution in [2.75, 3.05) is 32.7 Å². The molecule has 2 fully saturated rings. The van der Waals surface area contributed by atoms with E-state index < -0.39 is 10.2 Å². The highest BCUT2D eigenvalue weighted by atomic mass is 35.5. The van der Waals surface area contributed by atoms with Gasteiger partial charge in [-0.05, 0) is 18.8 Å². The summed E-state index contributed by atoms with van der Waals surface area (Å²) in [6.07, 6.45) is 5.63. The lowest BCUT2D eigenvalue weighted by Crippen LogP contribution is -2.55. The van der Waals surface area contributed by atoms with Crippen LogP contribution in [0.1, 0.15) is 31.6 Å². The third-order valence-electron chi connectivity index (χ3n) is 4.59. The monoisotopic (exact) mass is 363 g/mol. The lowest BCUT2D eigenvalue weighted by atomic mass is 10.0. The molecular weight excluding hydrogens is 338 g/mol. The van der Waals surface area contributed by atoms with Gasteiger partial charge in [0.05, 0.1) is 6.04 Å². The van der Waals surface area contributed by atoms with Gasteiger partial charge in [0, 0.05) is 52.2 Å². The van der Waals surface area contributed by atoms with Gasteiger partial charge in [-0.2, -0.15) is 17.0 Å². The maximum absolute atomic E-state index is 13.1. The van der Waals surface area contributed by atoms with Crippen molar-refractivity contribution in [1.82, 2.24) is 23.5 Å². The van der Waals surface area contributed by atoms with Gasteiger partial charge >= 0.3 is 0 Å². The maximum Gasteiger partial charge on any atom is 0.282 e. The van der Waals surface area contributed by atoms with Crippen molar-refractivity contribution in [1.29, 1.82) is 0 Å². The second-order valence-corrected chi connectivity index (χ2v) is 8.22. The molecular formula is C14H26ClN5O2S. The van der Waals surface area contributed by atoms with E-state index in [-0.39, 0.29) is 18.4 Å². The number of halogens is 1. The van der Waals surface area contributed by atoms with Crippen molar-refractivity contribution in [3.63, 3.8) is 0 Å². The van der Waals surface area contributed by atoms with Gasteiger partial charge in [-0.3, -0.25) is 0 Å². The summed E-state index contributed by atoms with van der Waals surface area (Å²) < 4.78 is 31.4. The predicted molar refractivity (Wildman–Crippen MR) is 91.7 cm³/mol. The van der Waals surface area contributed by atoms with Crippen LogP contribution in [0.2, 0.25) is 0 Å². The second kappa shape index (κ2) is 7.48. The Balaban J connectivity index is 0.00000192. The summed E-state index contributed by atoms with van der Waals surface area (Å²) in [5.41, 5.74) is 0. The molecule has 132 valence electrons. The summed E-state index contributed by atoms with van der Waals surface area (Å²) >= 11 is 0. The SMILES string of the molecule is CC1CCCN(S(=O)(=O)N2CCNCC2c2nccn2C)C1.Cl. The highest BCUT2D eigenvalue weighted by Crippen LogP contribution is 2.28. The molecule has 1 N–H and O–H groups in total. The number of imidazole rings is 1. The number of piperidine rings is 1. The molecule has 2 saturated heterocycles. The Morgan fingerprint density at radius 1 is 1.35 bits per heavy atom. The highest BCUT2D eigenvalue weighted by molar-refractivity contribution is 7.86. The van der Waals surface area contributed by atoms with Crippen molar-refractivity contribution in [3.05, 3.63) is 18.2 Å². The summed E-state index contributed by atoms with van der Waals surface area (Å²) in [4.78, 5) is 4.36. The number of hydrogen-bond acceptors (Lipinski definition) is 4. The Hall–Kier alpha value is -0.670. The zero-order valence-electron chi connectivity index (χ0n) is 13.7. The fourth-order valence-electron chi connectivity index (χ4n) is 3.38. The Morgan fingerprint density at radius 3 is 2.78 bits per heavy atom. The molecule has 7 nitrogen and oxygen atoms in total. The molecule has 0 radical (unpaired) electrons. The Labute approximate surface area is 144 Å². The maximum atomic E-state index is 13.1. The van der Waals surface area contributed by atoms with Crippen molar-refractivity contribution in [2.45, 2.75) is 25.8 Å². The molecule has 2 atom stereocenters. The average Bonchev–Trinajstić information content (AvgIpc) is 2.93. The second-order valence-electron chi connectivity index (χ2n) is 6.34. The smallest absolute Gasteiger partial charge is 0.282 e. The van der Waals surface area contributed by atoms with E-state index in [4.69, 9.17) is 0 Å². The van der Waals surface area contributed by atoms with Gasteiger partial charge in [-0.15, -0.1) is 12.4 Å². The Bertz CT molecular complexity index is 620. The largest absolute Gasteiger partial charge is 0.337 e. The van der Waals surface area contributed by atoms with E-state index in [2.05, 4.69) is 17.2 Å². The number of piperazine rings is 1. The Morgan fingerprint density at radius 2 is 2.13 bits per heavy atom. The van der Waals surface area contributed by atoms with E-state index in [9.17, 15) is 8.42 Å². The molecule has 3 rings (SSSR count). The van der Waals surface area contributed by atoms with Crippen molar-refractivity contribution in [3.8, 4) is 0 Å². The van der Waals surface area contributed by atoms with Gasteiger partial charge in [-0.25, -0.2) is 4.98 Å². The molecule has 3 heterocycles. The van der Waals surface area contributed by atoms with Crippen molar-refractivity contribution < 1.29 is 8.42 Å². The first-order chi connectivity index (χ1) is 10.5. The molecule has 1 aromatic heterocycles. The molecule has 1 aromatic rings. The quantitative estimate of drug-likeness (QED) is 0.861. The van der Waals surface area contributed by atoms with Crippen molar-refractivity contribution in [2.24, 2.45) is 13.0 Å².